The molecule has 0 aliphatic rings. The minimum Gasteiger partial charge on any atom is -0.496 e. The molecule has 0 fully saturated rings. The third-order valence-corrected chi connectivity index (χ3v) is 2.73. The van der Waals surface area contributed by atoms with E-state index < -0.39 is 6.10 Å². The number of aliphatic hydroxyl groups excluding tert-OH is 1. The largest absolute Gasteiger partial charge is 0.496 e. The third-order valence-electron chi connectivity index (χ3n) is 2.73. The minimum absolute atomic E-state index is 0.454. The van der Waals surface area contributed by atoms with Crippen LogP contribution in [0.4, 0.5) is 0 Å². The molecule has 0 aromatic heterocycles. The molecule has 16 heavy (non-hydrogen) atoms. The second kappa shape index (κ2) is 5.87. The molecule has 1 aromatic carbocycles. The molecule has 1 rings (SSSR count). The molecule has 0 amide bonds. The van der Waals surface area contributed by atoms with Crippen LogP contribution in [-0.2, 0) is 0 Å². The number of aliphatic hydroxyl groups is 1. The van der Waals surface area contributed by atoms with E-state index in [0.717, 1.165) is 29.0 Å². The van der Waals surface area contributed by atoms with Gasteiger partial charge in [-0.2, -0.15) is 0 Å². The van der Waals surface area contributed by atoms with E-state index >= 15 is 0 Å². The Hall–Kier alpha value is -1.06. The zero-order valence-corrected chi connectivity index (χ0v) is 10.5. The summed E-state index contributed by atoms with van der Waals surface area (Å²) in [4.78, 5) is 0. The quantitative estimate of drug-likeness (QED) is 0.801. The molecule has 0 spiro atoms. The van der Waals surface area contributed by atoms with Crippen molar-refractivity contribution < 1.29 is 9.84 Å². The van der Waals surface area contributed by atoms with Gasteiger partial charge in [-0.15, -0.1) is 0 Å². The predicted molar refractivity (Wildman–Crippen MR) is 66.0 cm³/mol. The normalized spacial score (nSPS) is 12.6. The molecule has 1 unspecified atom stereocenters. The summed E-state index contributed by atoms with van der Waals surface area (Å²) in [7, 11) is 1.66. The van der Waals surface area contributed by atoms with Crippen LogP contribution < -0.4 is 10.1 Å². The Labute approximate surface area is 97.4 Å². The molecular weight excluding hydrogens is 202 g/mol. The SMILES string of the molecule is CCNCC(O)c1cc(C)c(OC)cc1C. The van der Waals surface area contributed by atoms with Crippen molar-refractivity contribution in [3.8, 4) is 5.75 Å². The number of benzene rings is 1. The van der Waals surface area contributed by atoms with Crippen LogP contribution >= 0.6 is 0 Å². The van der Waals surface area contributed by atoms with Crippen LogP contribution in [0.25, 0.3) is 0 Å². The number of aryl methyl sites for hydroxylation is 2. The molecule has 0 saturated heterocycles. The zero-order chi connectivity index (χ0) is 12.1. The highest BCUT2D eigenvalue weighted by molar-refractivity contribution is 5.42. The van der Waals surface area contributed by atoms with Gasteiger partial charge in [0, 0.05) is 6.54 Å². The van der Waals surface area contributed by atoms with Crippen LogP contribution in [0.15, 0.2) is 12.1 Å². The highest BCUT2D eigenvalue weighted by Crippen LogP contribution is 2.26. The van der Waals surface area contributed by atoms with Gasteiger partial charge < -0.3 is 15.2 Å². The van der Waals surface area contributed by atoms with Crippen molar-refractivity contribution >= 4 is 0 Å². The van der Waals surface area contributed by atoms with Gasteiger partial charge in [-0.25, -0.2) is 0 Å². The van der Waals surface area contributed by atoms with Crippen LogP contribution in [-0.4, -0.2) is 25.3 Å². The molecule has 2 N–H and O–H groups in total. The summed E-state index contributed by atoms with van der Waals surface area (Å²) < 4.78 is 5.24. The van der Waals surface area contributed by atoms with Gasteiger partial charge in [0.25, 0.3) is 0 Å². The molecular formula is C13H21NO2. The van der Waals surface area contributed by atoms with Crippen LogP contribution in [0, 0.1) is 13.8 Å². The highest BCUT2D eigenvalue weighted by atomic mass is 16.5. The van der Waals surface area contributed by atoms with Crippen molar-refractivity contribution in [2.45, 2.75) is 26.9 Å². The number of likely N-dealkylation sites (N-methyl/N-ethyl adjacent to an activating group) is 1. The standard InChI is InChI=1S/C13H21NO2/c1-5-14-8-12(15)11-6-10(3)13(16-4)7-9(11)2/h6-7,12,14-15H,5,8H2,1-4H3. The topological polar surface area (TPSA) is 41.5 Å². The van der Waals surface area contributed by atoms with Crippen molar-refractivity contribution in [2.24, 2.45) is 0 Å². The van der Waals surface area contributed by atoms with E-state index in [2.05, 4.69) is 5.32 Å². The molecule has 90 valence electrons. The summed E-state index contributed by atoms with van der Waals surface area (Å²) in [6, 6.07) is 3.97. The Balaban J connectivity index is 2.92. The van der Waals surface area contributed by atoms with Gasteiger partial charge >= 0.3 is 0 Å². The lowest BCUT2D eigenvalue weighted by Gasteiger charge is -2.16. The minimum atomic E-state index is -0.454. The Bertz CT molecular complexity index is 350. The molecule has 3 heteroatoms. The van der Waals surface area contributed by atoms with Crippen LogP contribution in [0.3, 0.4) is 0 Å². The smallest absolute Gasteiger partial charge is 0.122 e. The van der Waals surface area contributed by atoms with Gasteiger partial charge in [-0.05, 0) is 49.2 Å². The number of rotatable bonds is 5. The second-order valence-electron chi connectivity index (χ2n) is 4.00. The van der Waals surface area contributed by atoms with Crippen molar-refractivity contribution in [3.63, 3.8) is 0 Å². The lowest BCUT2D eigenvalue weighted by molar-refractivity contribution is 0.174. The average Bonchev–Trinajstić information content (AvgIpc) is 2.28. The maximum atomic E-state index is 10.0. The first kappa shape index (κ1) is 13.0. The summed E-state index contributed by atoms with van der Waals surface area (Å²) in [6.45, 7) is 7.46. The van der Waals surface area contributed by atoms with E-state index in [9.17, 15) is 5.11 Å². The summed E-state index contributed by atoms with van der Waals surface area (Å²) in [5.74, 6) is 0.872. The average molecular weight is 223 g/mol. The Morgan fingerprint density at radius 2 is 2.00 bits per heavy atom. The molecule has 0 bridgehead atoms. The fraction of sp³-hybridized carbons (Fsp3) is 0.538. The van der Waals surface area contributed by atoms with Gasteiger partial charge in [-0.1, -0.05) is 6.92 Å². The molecule has 0 radical (unpaired) electrons. The van der Waals surface area contributed by atoms with Crippen LogP contribution in [0.2, 0.25) is 0 Å². The summed E-state index contributed by atoms with van der Waals surface area (Å²) in [5.41, 5.74) is 3.09. The predicted octanol–water partition coefficient (Wildman–Crippen LogP) is 1.95. The Morgan fingerprint density at radius 1 is 1.31 bits per heavy atom. The van der Waals surface area contributed by atoms with E-state index in [4.69, 9.17) is 4.74 Å². The molecule has 1 aromatic rings. The lowest BCUT2D eigenvalue weighted by Crippen LogP contribution is -2.21. The first-order valence-corrected chi connectivity index (χ1v) is 5.64. The van der Waals surface area contributed by atoms with Gasteiger partial charge in [0.05, 0.1) is 13.2 Å². The van der Waals surface area contributed by atoms with Gasteiger partial charge in [0.15, 0.2) is 0 Å². The molecule has 1 atom stereocenters. The van der Waals surface area contributed by atoms with Crippen molar-refractivity contribution in [1.82, 2.24) is 5.32 Å². The Kier molecular flexibility index (Phi) is 4.77. The first-order valence-electron chi connectivity index (χ1n) is 5.64. The van der Waals surface area contributed by atoms with Gasteiger partial charge in [-0.3, -0.25) is 0 Å². The number of hydrogen-bond acceptors (Lipinski definition) is 3. The lowest BCUT2D eigenvalue weighted by atomic mass is 10.00. The maximum absolute atomic E-state index is 10.0. The second-order valence-corrected chi connectivity index (χ2v) is 4.00. The van der Waals surface area contributed by atoms with Crippen LogP contribution in [0.5, 0.6) is 5.75 Å². The van der Waals surface area contributed by atoms with Gasteiger partial charge in [0.2, 0.25) is 0 Å². The number of hydrogen-bond donors (Lipinski definition) is 2. The van der Waals surface area contributed by atoms with Crippen LogP contribution in [0.1, 0.15) is 29.7 Å². The van der Waals surface area contributed by atoms with E-state index in [1.165, 1.54) is 0 Å². The molecule has 3 nitrogen and oxygen atoms in total. The van der Waals surface area contributed by atoms with E-state index in [1.54, 1.807) is 7.11 Å². The van der Waals surface area contributed by atoms with Crippen molar-refractivity contribution in [1.29, 1.82) is 0 Å². The molecule has 0 aliphatic heterocycles. The first-order chi connectivity index (χ1) is 7.60. The monoisotopic (exact) mass is 223 g/mol. The third kappa shape index (κ3) is 2.97. The summed E-state index contributed by atoms with van der Waals surface area (Å²) in [5, 5.41) is 13.2. The van der Waals surface area contributed by atoms with E-state index in [0.29, 0.717) is 6.54 Å². The van der Waals surface area contributed by atoms with Gasteiger partial charge in [0.1, 0.15) is 5.75 Å². The summed E-state index contributed by atoms with van der Waals surface area (Å²) in [6.07, 6.45) is -0.454. The maximum Gasteiger partial charge on any atom is 0.122 e. The summed E-state index contributed by atoms with van der Waals surface area (Å²) >= 11 is 0. The molecule has 0 heterocycles. The van der Waals surface area contributed by atoms with E-state index in [1.807, 2.05) is 32.9 Å². The van der Waals surface area contributed by atoms with E-state index in [-0.39, 0.29) is 0 Å². The molecule has 0 saturated carbocycles. The Morgan fingerprint density at radius 3 is 2.56 bits per heavy atom. The number of methoxy groups -OCH3 is 1. The zero-order valence-electron chi connectivity index (χ0n) is 10.5. The number of nitrogens with one attached hydrogen (secondary N) is 1. The molecule has 0 aliphatic carbocycles. The highest BCUT2D eigenvalue weighted by Gasteiger charge is 2.12. The van der Waals surface area contributed by atoms with Crippen molar-refractivity contribution in [2.75, 3.05) is 20.2 Å². The fourth-order valence-corrected chi connectivity index (χ4v) is 1.78. The number of ether oxygens (including phenoxy) is 1. The fourth-order valence-electron chi connectivity index (χ4n) is 1.78. The van der Waals surface area contributed by atoms with Crippen molar-refractivity contribution in [3.05, 3.63) is 28.8 Å².